The molecule has 0 radical (unpaired) electrons. The number of nitrogens with two attached hydrogens (primary N) is 1. The van der Waals surface area contributed by atoms with E-state index in [1.165, 1.54) is 0 Å². The van der Waals surface area contributed by atoms with Gasteiger partial charge >= 0.3 is 5.97 Å². The number of aliphatic carboxylic acids is 1. The maximum atomic E-state index is 11.0. The fraction of sp³-hybridized carbons (Fsp3) is 0.600. The smallest absolute Gasteiger partial charge is 0.328 e. The standard InChI is InChI=1S/C10H16N2O3/c11-10(15)8-3-1-5-12(7-8)6-2-4-9(13)14/h2,4,8H,1,3,5-7H2,(H2,11,15)(H,13,14). The lowest BCUT2D eigenvalue weighted by atomic mass is 9.97. The van der Waals surface area contributed by atoms with Crippen molar-refractivity contribution in [2.24, 2.45) is 11.7 Å². The average Bonchev–Trinajstić information content (AvgIpc) is 2.17. The number of carbonyl (C=O) groups excluding carboxylic acids is 1. The monoisotopic (exact) mass is 212 g/mol. The topological polar surface area (TPSA) is 83.6 Å². The largest absolute Gasteiger partial charge is 0.478 e. The maximum Gasteiger partial charge on any atom is 0.328 e. The van der Waals surface area contributed by atoms with Crippen LogP contribution >= 0.6 is 0 Å². The molecule has 1 fully saturated rings. The van der Waals surface area contributed by atoms with Gasteiger partial charge in [0.05, 0.1) is 5.92 Å². The summed E-state index contributed by atoms with van der Waals surface area (Å²) in [5, 5.41) is 8.40. The van der Waals surface area contributed by atoms with Crippen molar-refractivity contribution >= 4 is 11.9 Å². The molecule has 84 valence electrons. The fourth-order valence-corrected chi connectivity index (χ4v) is 1.76. The van der Waals surface area contributed by atoms with Gasteiger partial charge in [-0.2, -0.15) is 0 Å². The Morgan fingerprint density at radius 3 is 2.87 bits per heavy atom. The summed E-state index contributed by atoms with van der Waals surface area (Å²) in [5.41, 5.74) is 5.23. The van der Waals surface area contributed by atoms with Crippen LogP contribution in [0, 0.1) is 5.92 Å². The zero-order chi connectivity index (χ0) is 11.3. The molecule has 15 heavy (non-hydrogen) atoms. The first-order valence-corrected chi connectivity index (χ1v) is 5.00. The quantitative estimate of drug-likeness (QED) is 0.633. The van der Waals surface area contributed by atoms with Crippen molar-refractivity contribution in [2.75, 3.05) is 19.6 Å². The summed E-state index contributed by atoms with van der Waals surface area (Å²) in [6.45, 7) is 2.10. The zero-order valence-corrected chi connectivity index (χ0v) is 8.56. The third-order valence-corrected chi connectivity index (χ3v) is 2.53. The molecule has 0 spiro atoms. The van der Waals surface area contributed by atoms with E-state index < -0.39 is 5.97 Å². The Morgan fingerprint density at radius 1 is 1.53 bits per heavy atom. The Bertz CT molecular complexity index is 276. The molecule has 5 nitrogen and oxygen atoms in total. The zero-order valence-electron chi connectivity index (χ0n) is 8.56. The highest BCUT2D eigenvalue weighted by molar-refractivity contribution is 5.79. The molecule has 1 atom stereocenters. The van der Waals surface area contributed by atoms with E-state index in [0.29, 0.717) is 13.1 Å². The van der Waals surface area contributed by atoms with Gasteiger partial charge in [-0.05, 0) is 19.4 Å². The lowest BCUT2D eigenvalue weighted by Crippen LogP contribution is -2.41. The number of hydrogen-bond acceptors (Lipinski definition) is 3. The first kappa shape index (κ1) is 11.7. The van der Waals surface area contributed by atoms with E-state index in [1.54, 1.807) is 6.08 Å². The van der Waals surface area contributed by atoms with Gasteiger partial charge in [-0.15, -0.1) is 0 Å². The maximum absolute atomic E-state index is 11.0. The molecular weight excluding hydrogens is 196 g/mol. The van der Waals surface area contributed by atoms with E-state index in [9.17, 15) is 9.59 Å². The number of carboxylic acid groups (broad SMARTS) is 1. The van der Waals surface area contributed by atoms with Crippen LogP contribution in [0.1, 0.15) is 12.8 Å². The molecule has 3 N–H and O–H groups in total. The molecule has 0 aromatic rings. The lowest BCUT2D eigenvalue weighted by Gasteiger charge is -2.30. The first-order valence-electron chi connectivity index (χ1n) is 5.00. The van der Waals surface area contributed by atoms with Crippen LogP contribution in [-0.2, 0) is 9.59 Å². The highest BCUT2D eigenvalue weighted by atomic mass is 16.4. The number of likely N-dealkylation sites (tertiary alicyclic amines) is 1. The van der Waals surface area contributed by atoms with Gasteiger partial charge in [0.25, 0.3) is 0 Å². The molecule has 5 heteroatoms. The van der Waals surface area contributed by atoms with E-state index in [4.69, 9.17) is 10.8 Å². The second kappa shape index (κ2) is 5.50. The van der Waals surface area contributed by atoms with E-state index in [1.807, 2.05) is 4.90 Å². The summed E-state index contributed by atoms with van der Waals surface area (Å²) >= 11 is 0. The minimum absolute atomic E-state index is 0.0861. The first-order chi connectivity index (χ1) is 7.09. The summed E-state index contributed by atoms with van der Waals surface area (Å²) in [5.74, 6) is -1.29. The molecule has 0 bridgehead atoms. The molecule has 1 unspecified atom stereocenters. The van der Waals surface area contributed by atoms with Crippen LogP contribution in [0.5, 0.6) is 0 Å². The number of rotatable bonds is 4. The van der Waals surface area contributed by atoms with Gasteiger partial charge in [-0.1, -0.05) is 6.08 Å². The van der Waals surface area contributed by atoms with Gasteiger partial charge in [0.1, 0.15) is 0 Å². The summed E-state index contributed by atoms with van der Waals surface area (Å²) < 4.78 is 0. The van der Waals surface area contributed by atoms with Gasteiger partial charge in [0.15, 0.2) is 0 Å². The number of primary amides is 1. The average molecular weight is 212 g/mol. The second-order valence-corrected chi connectivity index (χ2v) is 3.74. The predicted octanol–water partition coefficient (Wildman–Crippen LogP) is -0.176. The Kier molecular flexibility index (Phi) is 4.30. The van der Waals surface area contributed by atoms with Crippen LogP contribution in [0.4, 0.5) is 0 Å². The van der Waals surface area contributed by atoms with Crippen LogP contribution in [0.25, 0.3) is 0 Å². The number of carbonyl (C=O) groups is 2. The molecule has 1 rings (SSSR count). The summed E-state index contributed by atoms with van der Waals surface area (Å²) in [4.78, 5) is 23.2. The van der Waals surface area contributed by atoms with Gasteiger partial charge in [-0.25, -0.2) is 4.79 Å². The molecule has 0 aliphatic carbocycles. The van der Waals surface area contributed by atoms with Gasteiger partial charge in [-0.3, -0.25) is 9.69 Å². The third-order valence-electron chi connectivity index (χ3n) is 2.53. The van der Waals surface area contributed by atoms with E-state index in [-0.39, 0.29) is 11.8 Å². The summed E-state index contributed by atoms with van der Waals surface area (Å²) in [7, 11) is 0. The number of piperidine rings is 1. The van der Waals surface area contributed by atoms with Crippen molar-refractivity contribution in [1.82, 2.24) is 4.90 Å². The Morgan fingerprint density at radius 2 is 2.27 bits per heavy atom. The lowest BCUT2D eigenvalue weighted by molar-refractivity contribution is -0.131. The molecule has 0 aromatic heterocycles. The van der Waals surface area contributed by atoms with Crippen LogP contribution < -0.4 is 5.73 Å². The van der Waals surface area contributed by atoms with Crippen molar-refractivity contribution in [3.63, 3.8) is 0 Å². The number of hydrogen-bond donors (Lipinski definition) is 2. The number of carboxylic acids is 1. The second-order valence-electron chi connectivity index (χ2n) is 3.74. The molecule has 1 heterocycles. The predicted molar refractivity (Wildman–Crippen MR) is 55.1 cm³/mol. The van der Waals surface area contributed by atoms with Gasteiger partial charge < -0.3 is 10.8 Å². The third kappa shape index (κ3) is 4.12. The van der Waals surface area contributed by atoms with E-state index >= 15 is 0 Å². The summed E-state index contributed by atoms with van der Waals surface area (Å²) in [6.07, 6.45) is 4.49. The van der Waals surface area contributed by atoms with Crippen molar-refractivity contribution in [2.45, 2.75) is 12.8 Å². The minimum atomic E-state index is -0.946. The molecule has 0 saturated carbocycles. The molecule has 1 amide bonds. The Balaban J connectivity index is 2.36. The SMILES string of the molecule is NC(=O)C1CCCN(CC=CC(=O)O)C1. The van der Waals surface area contributed by atoms with Crippen LogP contribution in [0.3, 0.4) is 0 Å². The highest BCUT2D eigenvalue weighted by Crippen LogP contribution is 2.15. The normalized spacial score (nSPS) is 23.1. The van der Waals surface area contributed by atoms with Crippen molar-refractivity contribution < 1.29 is 14.7 Å². The Hall–Kier alpha value is -1.36. The van der Waals surface area contributed by atoms with Gasteiger partial charge in [0, 0.05) is 19.2 Å². The number of nitrogens with zero attached hydrogens (tertiary/aromatic N) is 1. The van der Waals surface area contributed by atoms with E-state index in [2.05, 4.69) is 0 Å². The molecular formula is C10H16N2O3. The molecule has 0 aromatic carbocycles. The number of amides is 1. The van der Waals surface area contributed by atoms with E-state index in [0.717, 1.165) is 25.5 Å². The molecule has 1 aliphatic rings. The molecule has 1 aliphatic heterocycles. The van der Waals surface area contributed by atoms with Crippen molar-refractivity contribution in [3.05, 3.63) is 12.2 Å². The Labute approximate surface area is 88.5 Å². The van der Waals surface area contributed by atoms with Crippen molar-refractivity contribution in [3.8, 4) is 0 Å². The van der Waals surface area contributed by atoms with Gasteiger partial charge in [0.2, 0.25) is 5.91 Å². The summed E-state index contributed by atoms with van der Waals surface area (Å²) in [6, 6.07) is 0. The fourth-order valence-electron chi connectivity index (χ4n) is 1.76. The van der Waals surface area contributed by atoms with Crippen molar-refractivity contribution in [1.29, 1.82) is 0 Å². The van der Waals surface area contributed by atoms with Crippen LogP contribution in [-0.4, -0.2) is 41.5 Å². The minimum Gasteiger partial charge on any atom is -0.478 e. The van der Waals surface area contributed by atoms with Crippen LogP contribution in [0.2, 0.25) is 0 Å². The highest BCUT2D eigenvalue weighted by Gasteiger charge is 2.22. The van der Waals surface area contributed by atoms with Crippen LogP contribution in [0.15, 0.2) is 12.2 Å². The molecule has 1 saturated heterocycles.